The van der Waals surface area contributed by atoms with E-state index >= 15 is 0 Å². The van der Waals surface area contributed by atoms with Crippen molar-refractivity contribution in [2.75, 3.05) is 6.61 Å². The molecule has 0 aliphatic carbocycles. The van der Waals surface area contributed by atoms with Gasteiger partial charge >= 0.3 is 0 Å². The van der Waals surface area contributed by atoms with Gasteiger partial charge in [-0.15, -0.1) is 0 Å². The highest BCUT2D eigenvalue weighted by molar-refractivity contribution is 6.34. The standard InChI is InChI=1S/C16H13Cl2FN2O3/c17-11-3-6-13(18)14(8-11)24-9-16(23)21-20-15(22)7-10-1-4-12(19)5-2-10/h1-6,8H,7,9H2,(H,20,22)(H,21,23). The van der Waals surface area contributed by atoms with Crippen molar-refractivity contribution in [2.45, 2.75) is 6.42 Å². The van der Waals surface area contributed by atoms with Gasteiger partial charge in [0.2, 0.25) is 5.91 Å². The lowest BCUT2D eigenvalue weighted by Gasteiger charge is -2.10. The number of benzene rings is 2. The molecule has 2 aromatic carbocycles. The summed E-state index contributed by atoms with van der Waals surface area (Å²) in [6, 6.07) is 10.1. The highest BCUT2D eigenvalue weighted by Gasteiger charge is 2.09. The number of nitrogens with one attached hydrogen (secondary N) is 2. The van der Waals surface area contributed by atoms with Crippen molar-refractivity contribution in [3.8, 4) is 5.75 Å². The van der Waals surface area contributed by atoms with Crippen LogP contribution in [0.1, 0.15) is 5.56 Å². The average molecular weight is 371 g/mol. The molecule has 0 bridgehead atoms. The molecule has 0 heterocycles. The third kappa shape index (κ3) is 5.72. The number of hydrogen-bond donors (Lipinski definition) is 2. The quantitative estimate of drug-likeness (QED) is 0.795. The number of halogens is 3. The van der Waals surface area contributed by atoms with Crippen LogP contribution in [0.2, 0.25) is 10.0 Å². The van der Waals surface area contributed by atoms with Crippen molar-refractivity contribution in [3.05, 3.63) is 63.9 Å². The molecule has 24 heavy (non-hydrogen) atoms. The lowest BCUT2D eigenvalue weighted by molar-refractivity contribution is -0.129. The van der Waals surface area contributed by atoms with E-state index in [9.17, 15) is 14.0 Å². The van der Waals surface area contributed by atoms with Gasteiger partial charge in [0, 0.05) is 11.1 Å². The summed E-state index contributed by atoms with van der Waals surface area (Å²) in [7, 11) is 0. The Hall–Kier alpha value is -2.31. The monoisotopic (exact) mass is 370 g/mol. The van der Waals surface area contributed by atoms with Gasteiger partial charge in [-0.1, -0.05) is 35.3 Å². The van der Waals surface area contributed by atoms with Gasteiger partial charge in [0.15, 0.2) is 6.61 Å². The fourth-order valence-electron chi connectivity index (χ4n) is 1.74. The van der Waals surface area contributed by atoms with E-state index in [0.717, 1.165) is 0 Å². The normalized spacial score (nSPS) is 10.1. The van der Waals surface area contributed by atoms with E-state index in [-0.39, 0.29) is 24.6 Å². The van der Waals surface area contributed by atoms with Gasteiger partial charge in [0.1, 0.15) is 11.6 Å². The summed E-state index contributed by atoms with van der Waals surface area (Å²) in [5.74, 6) is -1.14. The van der Waals surface area contributed by atoms with E-state index in [0.29, 0.717) is 15.6 Å². The maximum absolute atomic E-state index is 12.8. The highest BCUT2D eigenvalue weighted by Crippen LogP contribution is 2.27. The summed E-state index contributed by atoms with van der Waals surface area (Å²) in [5.41, 5.74) is 5.06. The lowest BCUT2D eigenvalue weighted by atomic mass is 10.1. The largest absolute Gasteiger partial charge is 0.482 e. The summed E-state index contributed by atoms with van der Waals surface area (Å²) < 4.78 is 18.0. The second-order valence-corrected chi connectivity index (χ2v) is 5.61. The Bertz CT molecular complexity index is 739. The number of rotatable bonds is 5. The van der Waals surface area contributed by atoms with Crippen LogP contribution >= 0.6 is 23.2 Å². The van der Waals surface area contributed by atoms with Crippen molar-refractivity contribution >= 4 is 35.0 Å². The van der Waals surface area contributed by atoms with Crippen LogP contribution in [0.5, 0.6) is 5.75 Å². The number of hydrogen-bond acceptors (Lipinski definition) is 3. The molecule has 0 saturated carbocycles. The molecule has 5 nitrogen and oxygen atoms in total. The van der Waals surface area contributed by atoms with Gasteiger partial charge in [-0.05, 0) is 29.8 Å². The maximum Gasteiger partial charge on any atom is 0.276 e. The zero-order chi connectivity index (χ0) is 17.5. The Morgan fingerprint density at radius 3 is 2.38 bits per heavy atom. The molecule has 0 spiro atoms. The van der Waals surface area contributed by atoms with E-state index in [1.54, 1.807) is 12.1 Å². The zero-order valence-corrected chi connectivity index (χ0v) is 13.8. The Balaban J connectivity index is 1.75. The van der Waals surface area contributed by atoms with Crippen LogP contribution in [0.4, 0.5) is 4.39 Å². The molecule has 126 valence electrons. The van der Waals surface area contributed by atoms with E-state index in [2.05, 4.69) is 10.9 Å². The summed E-state index contributed by atoms with van der Waals surface area (Å²) in [4.78, 5) is 23.3. The molecule has 2 N–H and O–H groups in total. The smallest absolute Gasteiger partial charge is 0.276 e. The second-order valence-electron chi connectivity index (χ2n) is 4.76. The van der Waals surface area contributed by atoms with Crippen molar-refractivity contribution in [1.82, 2.24) is 10.9 Å². The summed E-state index contributed by atoms with van der Waals surface area (Å²) in [5, 5.41) is 0.731. The minimum atomic E-state index is -0.571. The van der Waals surface area contributed by atoms with Crippen LogP contribution < -0.4 is 15.6 Å². The van der Waals surface area contributed by atoms with E-state index in [1.807, 2.05) is 0 Å². The molecule has 0 aliphatic heterocycles. The minimum absolute atomic E-state index is 0.00153. The topological polar surface area (TPSA) is 67.4 Å². The average Bonchev–Trinajstić information content (AvgIpc) is 2.56. The first-order valence-corrected chi connectivity index (χ1v) is 7.59. The second kappa shape index (κ2) is 8.52. The summed E-state index contributed by atoms with van der Waals surface area (Å²) in [6.45, 7) is -0.350. The van der Waals surface area contributed by atoms with Crippen LogP contribution in [-0.2, 0) is 16.0 Å². The van der Waals surface area contributed by atoms with E-state index in [4.69, 9.17) is 27.9 Å². The first kappa shape index (κ1) is 18.0. The van der Waals surface area contributed by atoms with Crippen molar-refractivity contribution < 1.29 is 18.7 Å². The molecule has 8 heteroatoms. The Morgan fingerprint density at radius 2 is 1.67 bits per heavy atom. The predicted molar refractivity (Wildman–Crippen MR) is 88.3 cm³/mol. The molecule has 2 rings (SSSR count). The number of amides is 2. The van der Waals surface area contributed by atoms with Gasteiger partial charge in [-0.2, -0.15) is 0 Å². The predicted octanol–water partition coefficient (Wildman–Crippen LogP) is 2.90. The van der Waals surface area contributed by atoms with Crippen molar-refractivity contribution in [2.24, 2.45) is 0 Å². The third-order valence-corrected chi connectivity index (χ3v) is 3.42. The van der Waals surface area contributed by atoms with E-state index in [1.165, 1.54) is 30.3 Å². The molecule has 2 aromatic rings. The Kier molecular flexibility index (Phi) is 6.40. The minimum Gasteiger partial charge on any atom is -0.482 e. The van der Waals surface area contributed by atoms with Gasteiger partial charge in [-0.3, -0.25) is 20.4 Å². The van der Waals surface area contributed by atoms with Gasteiger partial charge in [0.25, 0.3) is 5.91 Å². The molecule has 2 amide bonds. The number of carbonyl (C=O) groups is 2. The van der Waals surface area contributed by atoms with Crippen molar-refractivity contribution in [3.63, 3.8) is 0 Å². The Morgan fingerprint density at radius 1 is 1.00 bits per heavy atom. The molecule has 0 unspecified atom stereocenters. The van der Waals surface area contributed by atoms with Gasteiger partial charge in [-0.25, -0.2) is 4.39 Å². The SMILES string of the molecule is O=C(COc1cc(Cl)ccc1Cl)NNC(=O)Cc1ccc(F)cc1. The molecule has 0 radical (unpaired) electrons. The summed E-state index contributed by atoms with van der Waals surface area (Å²) in [6.07, 6.45) is 0.00153. The number of hydrazine groups is 1. The fraction of sp³-hybridized carbons (Fsp3) is 0.125. The van der Waals surface area contributed by atoms with Crippen LogP contribution in [0.15, 0.2) is 42.5 Å². The van der Waals surface area contributed by atoms with Gasteiger partial charge < -0.3 is 4.74 Å². The number of carbonyl (C=O) groups excluding carboxylic acids is 2. The molecule has 0 fully saturated rings. The first-order valence-electron chi connectivity index (χ1n) is 6.84. The van der Waals surface area contributed by atoms with Gasteiger partial charge in [0.05, 0.1) is 11.4 Å². The van der Waals surface area contributed by atoms with Crippen LogP contribution in [0, 0.1) is 5.82 Å². The van der Waals surface area contributed by atoms with Crippen LogP contribution in [0.3, 0.4) is 0 Å². The molecular formula is C16H13Cl2FN2O3. The molecule has 0 aliphatic rings. The van der Waals surface area contributed by atoms with Crippen LogP contribution in [0.25, 0.3) is 0 Å². The molecule has 0 atom stereocenters. The fourth-order valence-corrected chi connectivity index (χ4v) is 2.07. The molecule has 0 saturated heterocycles. The first-order chi connectivity index (χ1) is 11.4. The lowest BCUT2D eigenvalue weighted by Crippen LogP contribution is -2.44. The van der Waals surface area contributed by atoms with Crippen molar-refractivity contribution in [1.29, 1.82) is 0 Å². The third-order valence-electron chi connectivity index (χ3n) is 2.87. The maximum atomic E-state index is 12.8. The Labute approximate surface area is 147 Å². The van der Waals surface area contributed by atoms with E-state index < -0.39 is 11.8 Å². The molecular weight excluding hydrogens is 358 g/mol. The zero-order valence-electron chi connectivity index (χ0n) is 12.3. The highest BCUT2D eigenvalue weighted by atomic mass is 35.5. The molecule has 0 aromatic heterocycles. The summed E-state index contributed by atoms with van der Waals surface area (Å²) >= 11 is 11.7. The van der Waals surface area contributed by atoms with Crippen LogP contribution in [-0.4, -0.2) is 18.4 Å². The number of ether oxygens (including phenoxy) is 1.